The Hall–Kier alpha value is -2.01. The molecule has 0 unspecified atom stereocenters. The molecule has 2 heterocycles. The van der Waals surface area contributed by atoms with E-state index in [2.05, 4.69) is 15.9 Å². The summed E-state index contributed by atoms with van der Waals surface area (Å²) in [5.74, 6) is 2.48. The Bertz CT molecular complexity index is 317. The molecule has 2 aromatic rings. The lowest BCUT2D eigenvalue weighted by Gasteiger charge is -1.70. The van der Waals surface area contributed by atoms with Gasteiger partial charge in [0.25, 0.3) is 0 Å². The molecule has 0 spiro atoms. The lowest BCUT2D eigenvalue weighted by Crippen LogP contribution is -1.58. The Kier molecular flexibility index (Phi) is 3.92. The summed E-state index contributed by atoms with van der Waals surface area (Å²) in [5.41, 5.74) is 0.903. The molecule has 1 N–H and O–H groups in total. The molecule has 0 aliphatic heterocycles. The van der Waals surface area contributed by atoms with Crippen molar-refractivity contribution in [1.29, 1.82) is 0 Å². The SMILES string of the molecule is C#Cc1cc[nH]c1.c1ccncc1. The summed E-state index contributed by atoms with van der Waals surface area (Å²) in [6.07, 6.45) is 12.1. The van der Waals surface area contributed by atoms with E-state index in [9.17, 15) is 0 Å². The number of hydrogen-bond acceptors (Lipinski definition) is 1. The van der Waals surface area contributed by atoms with E-state index in [1.54, 1.807) is 24.8 Å². The van der Waals surface area contributed by atoms with Crippen molar-refractivity contribution in [1.82, 2.24) is 9.97 Å². The van der Waals surface area contributed by atoms with Crippen LogP contribution in [-0.2, 0) is 0 Å². The first-order valence-corrected chi connectivity index (χ1v) is 3.88. The van der Waals surface area contributed by atoms with E-state index in [0.717, 1.165) is 5.56 Å². The zero-order valence-electron chi connectivity index (χ0n) is 7.14. The van der Waals surface area contributed by atoms with Gasteiger partial charge in [0, 0.05) is 30.4 Å². The molecule has 0 amide bonds. The largest absolute Gasteiger partial charge is 0.367 e. The average molecular weight is 170 g/mol. The van der Waals surface area contributed by atoms with Gasteiger partial charge in [-0.05, 0) is 18.2 Å². The molecule has 64 valence electrons. The Morgan fingerprint density at radius 2 is 2.00 bits per heavy atom. The van der Waals surface area contributed by atoms with Gasteiger partial charge in [0.05, 0.1) is 0 Å². The lowest BCUT2D eigenvalue weighted by molar-refractivity contribution is 1.33. The standard InChI is InChI=1S/C6H5N.C5H5N/c1-2-6-3-4-7-5-6;1-2-4-6-5-3-1/h1,3-5,7H;1-5H. The van der Waals surface area contributed by atoms with Gasteiger partial charge in [-0.2, -0.15) is 0 Å². The van der Waals surface area contributed by atoms with Crippen LogP contribution in [0, 0.1) is 12.3 Å². The zero-order chi connectivity index (χ0) is 9.36. The summed E-state index contributed by atoms with van der Waals surface area (Å²) < 4.78 is 0. The highest BCUT2D eigenvalue weighted by Gasteiger charge is 1.77. The smallest absolute Gasteiger partial charge is 0.0417 e. The summed E-state index contributed by atoms with van der Waals surface area (Å²) in [5, 5.41) is 0. The Morgan fingerprint density at radius 1 is 1.23 bits per heavy atom. The van der Waals surface area contributed by atoms with Gasteiger partial charge < -0.3 is 4.98 Å². The second-order valence-electron chi connectivity index (χ2n) is 2.27. The van der Waals surface area contributed by atoms with Gasteiger partial charge in [-0.25, -0.2) is 0 Å². The van der Waals surface area contributed by atoms with Crippen LogP contribution in [0.3, 0.4) is 0 Å². The van der Waals surface area contributed by atoms with E-state index in [1.807, 2.05) is 24.3 Å². The zero-order valence-corrected chi connectivity index (χ0v) is 7.14. The highest BCUT2D eigenvalue weighted by Crippen LogP contribution is 1.89. The summed E-state index contributed by atoms with van der Waals surface area (Å²) >= 11 is 0. The number of nitrogens with zero attached hydrogens (tertiary/aromatic N) is 1. The van der Waals surface area contributed by atoms with Crippen molar-refractivity contribution in [3.05, 3.63) is 54.6 Å². The van der Waals surface area contributed by atoms with Crippen LogP contribution in [0.4, 0.5) is 0 Å². The summed E-state index contributed by atoms with van der Waals surface area (Å²) in [4.78, 5) is 6.62. The number of pyridine rings is 1. The minimum atomic E-state index is 0.903. The fourth-order valence-corrected chi connectivity index (χ4v) is 0.726. The van der Waals surface area contributed by atoms with Gasteiger partial charge in [0.1, 0.15) is 0 Å². The van der Waals surface area contributed by atoms with Crippen molar-refractivity contribution >= 4 is 0 Å². The van der Waals surface area contributed by atoms with Gasteiger partial charge in [-0.1, -0.05) is 12.0 Å². The average Bonchev–Trinajstić information content (AvgIpc) is 2.74. The first-order chi connectivity index (χ1) is 6.43. The van der Waals surface area contributed by atoms with Crippen molar-refractivity contribution in [2.75, 3.05) is 0 Å². The topological polar surface area (TPSA) is 28.7 Å². The van der Waals surface area contributed by atoms with Gasteiger partial charge in [-0.15, -0.1) is 6.42 Å². The number of H-pyrrole nitrogens is 1. The molecule has 0 saturated carbocycles. The first-order valence-electron chi connectivity index (χ1n) is 3.88. The van der Waals surface area contributed by atoms with E-state index >= 15 is 0 Å². The van der Waals surface area contributed by atoms with Gasteiger partial charge >= 0.3 is 0 Å². The van der Waals surface area contributed by atoms with Crippen molar-refractivity contribution in [2.45, 2.75) is 0 Å². The van der Waals surface area contributed by atoms with E-state index in [0.29, 0.717) is 0 Å². The molecule has 0 fully saturated rings. The molecule has 13 heavy (non-hydrogen) atoms. The fraction of sp³-hybridized carbons (Fsp3) is 0. The van der Waals surface area contributed by atoms with Crippen LogP contribution in [0.5, 0.6) is 0 Å². The molecule has 0 radical (unpaired) electrons. The van der Waals surface area contributed by atoms with Crippen molar-refractivity contribution in [3.8, 4) is 12.3 Å². The van der Waals surface area contributed by atoms with Crippen LogP contribution in [0.2, 0.25) is 0 Å². The molecule has 0 saturated heterocycles. The molecule has 2 aromatic heterocycles. The molecular weight excluding hydrogens is 160 g/mol. The minimum absolute atomic E-state index is 0.903. The van der Waals surface area contributed by atoms with Crippen molar-refractivity contribution < 1.29 is 0 Å². The third-order valence-electron chi connectivity index (χ3n) is 1.33. The number of aromatic amines is 1. The van der Waals surface area contributed by atoms with E-state index < -0.39 is 0 Å². The second-order valence-corrected chi connectivity index (χ2v) is 2.27. The third-order valence-corrected chi connectivity index (χ3v) is 1.33. The second kappa shape index (κ2) is 5.62. The van der Waals surface area contributed by atoms with Crippen LogP contribution in [0.25, 0.3) is 0 Å². The first kappa shape index (κ1) is 9.08. The third kappa shape index (κ3) is 3.78. The van der Waals surface area contributed by atoms with Crippen LogP contribution in [-0.4, -0.2) is 9.97 Å². The fourth-order valence-electron chi connectivity index (χ4n) is 0.726. The maximum Gasteiger partial charge on any atom is 0.0417 e. The Balaban J connectivity index is 0.000000132. The molecule has 2 rings (SSSR count). The summed E-state index contributed by atoms with van der Waals surface area (Å²) in [6, 6.07) is 7.56. The summed E-state index contributed by atoms with van der Waals surface area (Å²) in [7, 11) is 0. The number of terminal acetylenes is 1. The number of aromatic nitrogens is 2. The normalized spacial score (nSPS) is 7.92. The molecule has 2 heteroatoms. The van der Waals surface area contributed by atoms with E-state index in [1.165, 1.54) is 0 Å². The highest BCUT2D eigenvalue weighted by molar-refractivity contribution is 5.28. The predicted molar refractivity (Wildman–Crippen MR) is 53.0 cm³/mol. The molecule has 2 nitrogen and oxygen atoms in total. The van der Waals surface area contributed by atoms with E-state index in [4.69, 9.17) is 6.42 Å². The predicted octanol–water partition coefficient (Wildman–Crippen LogP) is 2.08. The molecule has 0 bridgehead atoms. The quantitative estimate of drug-likeness (QED) is 0.602. The lowest BCUT2D eigenvalue weighted by atomic mass is 10.4. The van der Waals surface area contributed by atoms with Crippen LogP contribution in [0.15, 0.2) is 49.1 Å². The van der Waals surface area contributed by atoms with Gasteiger partial charge in [-0.3, -0.25) is 4.98 Å². The maximum absolute atomic E-state index is 5.02. The Morgan fingerprint density at radius 3 is 2.23 bits per heavy atom. The molecule has 0 aliphatic rings. The molecule has 0 aliphatic carbocycles. The van der Waals surface area contributed by atoms with Gasteiger partial charge in [0.15, 0.2) is 0 Å². The Labute approximate surface area is 77.7 Å². The highest BCUT2D eigenvalue weighted by atomic mass is 14.6. The van der Waals surface area contributed by atoms with Crippen molar-refractivity contribution in [3.63, 3.8) is 0 Å². The molecule has 0 atom stereocenters. The number of rotatable bonds is 0. The monoisotopic (exact) mass is 170 g/mol. The van der Waals surface area contributed by atoms with Crippen LogP contribution in [0.1, 0.15) is 5.56 Å². The van der Waals surface area contributed by atoms with Crippen LogP contribution < -0.4 is 0 Å². The molecule has 0 aromatic carbocycles. The minimum Gasteiger partial charge on any atom is -0.367 e. The molecular formula is C11H10N2. The van der Waals surface area contributed by atoms with Crippen LogP contribution >= 0.6 is 0 Å². The van der Waals surface area contributed by atoms with Crippen molar-refractivity contribution in [2.24, 2.45) is 0 Å². The number of nitrogens with one attached hydrogen (secondary N) is 1. The summed E-state index contributed by atoms with van der Waals surface area (Å²) in [6.45, 7) is 0. The number of hydrogen-bond donors (Lipinski definition) is 1. The van der Waals surface area contributed by atoms with E-state index in [-0.39, 0.29) is 0 Å². The van der Waals surface area contributed by atoms with Gasteiger partial charge in [0.2, 0.25) is 0 Å². The maximum atomic E-state index is 5.02.